The van der Waals surface area contributed by atoms with Crippen LogP contribution in [0.3, 0.4) is 0 Å². The molecule has 33 heavy (non-hydrogen) atoms. The first-order chi connectivity index (χ1) is 15.7. The number of amides is 1. The Hall–Kier alpha value is -2.80. The van der Waals surface area contributed by atoms with Gasteiger partial charge in [0.25, 0.3) is 15.9 Å². The van der Waals surface area contributed by atoms with Gasteiger partial charge in [0.15, 0.2) is 6.10 Å². The number of nitrogens with zero attached hydrogens (tertiary/aromatic N) is 1. The van der Waals surface area contributed by atoms with Crippen LogP contribution in [0.25, 0.3) is 0 Å². The van der Waals surface area contributed by atoms with Gasteiger partial charge < -0.3 is 10.1 Å². The van der Waals surface area contributed by atoms with Crippen molar-refractivity contribution < 1.29 is 17.9 Å². The standard InChI is InChI=1S/C26H32N2O4S/c1-26(2,3)20-14-15-23-22(16-20)28(33(30,31)21-12-8-5-9-13-21)18-24(32-23)25(29)27-17-19-10-6-4-7-11-19/h5,8-10,12-16,24H,4,6-7,11,17-18H2,1-3H3,(H,27,29)/t24-/m0/s1. The summed E-state index contributed by atoms with van der Waals surface area (Å²) in [5.74, 6) is 0.0890. The summed E-state index contributed by atoms with van der Waals surface area (Å²) in [4.78, 5) is 13.2. The van der Waals surface area contributed by atoms with Crippen molar-refractivity contribution in [2.24, 2.45) is 0 Å². The lowest BCUT2D eigenvalue weighted by atomic mass is 9.86. The second kappa shape index (κ2) is 9.21. The van der Waals surface area contributed by atoms with Crippen LogP contribution in [0, 0.1) is 0 Å². The lowest BCUT2D eigenvalue weighted by molar-refractivity contribution is -0.127. The number of benzene rings is 2. The molecule has 1 N–H and O–H groups in total. The fourth-order valence-electron chi connectivity index (χ4n) is 4.18. The molecule has 1 aliphatic carbocycles. The van der Waals surface area contributed by atoms with Crippen LogP contribution in [0.2, 0.25) is 0 Å². The smallest absolute Gasteiger partial charge is 0.264 e. The third kappa shape index (κ3) is 5.08. The molecule has 0 unspecified atom stereocenters. The summed E-state index contributed by atoms with van der Waals surface area (Å²) in [5.41, 5.74) is 2.50. The summed E-state index contributed by atoms with van der Waals surface area (Å²) < 4.78 is 34.6. The van der Waals surface area contributed by atoms with Crippen molar-refractivity contribution >= 4 is 21.6 Å². The molecule has 0 saturated carbocycles. The zero-order chi connectivity index (χ0) is 23.6. The van der Waals surface area contributed by atoms with Gasteiger partial charge in [-0.05, 0) is 60.9 Å². The van der Waals surface area contributed by atoms with E-state index >= 15 is 0 Å². The van der Waals surface area contributed by atoms with Crippen molar-refractivity contribution in [1.82, 2.24) is 5.32 Å². The zero-order valence-corrected chi connectivity index (χ0v) is 20.3. The van der Waals surface area contributed by atoms with Gasteiger partial charge in [-0.25, -0.2) is 8.42 Å². The van der Waals surface area contributed by atoms with Crippen molar-refractivity contribution in [2.45, 2.75) is 62.9 Å². The Morgan fingerprint density at radius 3 is 2.55 bits per heavy atom. The predicted octanol–water partition coefficient (Wildman–Crippen LogP) is 4.56. The van der Waals surface area contributed by atoms with E-state index in [1.54, 1.807) is 36.4 Å². The maximum atomic E-state index is 13.6. The molecule has 0 saturated heterocycles. The maximum Gasteiger partial charge on any atom is 0.264 e. The second-order valence-corrected chi connectivity index (χ2v) is 11.6. The van der Waals surface area contributed by atoms with Gasteiger partial charge >= 0.3 is 0 Å². The Balaban J connectivity index is 1.66. The molecule has 0 bridgehead atoms. The number of nitrogens with one attached hydrogen (secondary N) is 1. The number of ether oxygens (including phenoxy) is 1. The minimum Gasteiger partial charge on any atom is -0.476 e. The number of sulfonamides is 1. The van der Waals surface area contributed by atoms with E-state index in [0.717, 1.165) is 24.8 Å². The summed E-state index contributed by atoms with van der Waals surface area (Å²) in [6.07, 6.45) is 5.59. The molecule has 6 nitrogen and oxygen atoms in total. The molecular weight excluding hydrogens is 436 g/mol. The lowest BCUT2D eigenvalue weighted by Gasteiger charge is -2.36. The summed E-state index contributed by atoms with van der Waals surface area (Å²) in [7, 11) is -3.88. The summed E-state index contributed by atoms with van der Waals surface area (Å²) in [6.45, 7) is 6.61. The largest absolute Gasteiger partial charge is 0.476 e. The molecule has 7 heteroatoms. The molecule has 2 aromatic rings. The molecule has 1 atom stereocenters. The Kier molecular flexibility index (Phi) is 6.52. The van der Waals surface area contributed by atoms with E-state index in [4.69, 9.17) is 4.74 Å². The molecule has 0 spiro atoms. The Morgan fingerprint density at radius 1 is 1.12 bits per heavy atom. The zero-order valence-electron chi connectivity index (χ0n) is 19.5. The van der Waals surface area contributed by atoms with E-state index in [1.165, 1.54) is 16.3 Å². The van der Waals surface area contributed by atoms with E-state index in [1.807, 2.05) is 12.1 Å². The van der Waals surface area contributed by atoms with Crippen LogP contribution < -0.4 is 14.4 Å². The second-order valence-electron chi connectivity index (χ2n) is 9.71. The molecule has 1 heterocycles. The van der Waals surface area contributed by atoms with Gasteiger partial charge in [0.2, 0.25) is 0 Å². The number of allylic oxidation sites excluding steroid dienone is 1. The highest BCUT2D eigenvalue weighted by molar-refractivity contribution is 7.92. The number of carbonyl (C=O) groups is 1. The van der Waals surface area contributed by atoms with Gasteiger partial charge in [-0.15, -0.1) is 0 Å². The number of hydrogen-bond acceptors (Lipinski definition) is 4. The molecule has 2 aromatic carbocycles. The van der Waals surface area contributed by atoms with Crippen LogP contribution >= 0.6 is 0 Å². The van der Waals surface area contributed by atoms with Gasteiger partial charge in [-0.2, -0.15) is 0 Å². The normalized spacial score (nSPS) is 18.7. The minimum absolute atomic E-state index is 0.0807. The van der Waals surface area contributed by atoms with Crippen molar-refractivity contribution in [3.63, 3.8) is 0 Å². The SMILES string of the molecule is CC(C)(C)c1ccc2c(c1)N(S(=O)(=O)c1ccccc1)C[C@@H](C(=O)NCC1=CCCCC1)O2. The van der Waals surface area contributed by atoms with E-state index in [-0.39, 0.29) is 22.8 Å². The van der Waals surface area contributed by atoms with E-state index < -0.39 is 16.1 Å². The fraction of sp³-hybridized carbons (Fsp3) is 0.423. The Morgan fingerprint density at radius 2 is 1.88 bits per heavy atom. The molecule has 0 aromatic heterocycles. The third-order valence-corrected chi connectivity index (χ3v) is 7.99. The topological polar surface area (TPSA) is 75.7 Å². The third-order valence-electron chi connectivity index (χ3n) is 6.19. The highest BCUT2D eigenvalue weighted by Crippen LogP contribution is 2.40. The van der Waals surface area contributed by atoms with Gasteiger partial charge in [0.05, 0.1) is 17.1 Å². The monoisotopic (exact) mass is 468 g/mol. The summed E-state index contributed by atoms with van der Waals surface area (Å²) >= 11 is 0. The molecule has 0 fully saturated rings. The summed E-state index contributed by atoms with van der Waals surface area (Å²) in [6, 6.07) is 13.9. The van der Waals surface area contributed by atoms with Gasteiger partial charge in [0.1, 0.15) is 5.75 Å². The van der Waals surface area contributed by atoms with Crippen molar-refractivity contribution in [3.05, 3.63) is 65.7 Å². The maximum absolute atomic E-state index is 13.6. The molecule has 2 aliphatic rings. The number of carbonyl (C=O) groups excluding carboxylic acids is 1. The number of hydrogen-bond donors (Lipinski definition) is 1. The molecule has 0 radical (unpaired) electrons. The Labute approximate surface area is 196 Å². The van der Waals surface area contributed by atoms with Crippen LogP contribution in [-0.2, 0) is 20.2 Å². The number of fused-ring (bicyclic) bond motifs is 1. The van der Waals surface area contributed by atoms with E-state index in [2.05, 4.69) is 32.2 Å². The minimum atomic E-state index is -3.88. The first-order valence-corrected chi connectivity index (χ1v) is 12.9. The van der Waals surface area contributed by atoms with Crippen LogP contribution in [0.4, 0.5) is 5.69 Å². The van der Waals surface area contributed by atoms with E-state index in [9.17, 15) is 13.2 Å². The molecule has 1 aliphatic heterocycles. The summed E-state index contributed by atoms with van der Waals surface area (Å²) in [5, 5.41) is 2.95. The highest BCUT2D eigenvalue weighted by Gasteiger charge is 2.38. The van der Waals surface area contributed by atoms with Crippen molar-refractivity contribution in [3.8, 4) is 5.75 Å². The van der Waals surface area contributed by atoms with Gasteiger partial charge in [-0.3, -0.25) is 9.10 Å². The van der Waals surface area contributed by atoms with E-state index in [0.29, 0.717) is 18.0 Å². The predicted molar refractivity (Wildman–Crippen MR) is 130 cm³/mol. The lowest BCUT2D eigenvalue weighted by Crippen LogP contribution is -2.51. The molecular formula is C26H32N2O4S. The van der Waals surface area contributed by atoms with Gasteiger partial charge in [-0.1, -0.05) is 56.7 Å². The number of rotatable bonds is 5. The molecule has 4 rings (SSSR count). The van der Waals surface area contributed by atoms with Crippen LogP contribution in [0.5, 0.6) is 5.75 Å². The Bertz CT molecular complexity index is 1150. The average molecular weight is 469 g/mol. The average Bonchev–Trinajstić information content (AvgIpc) is 2.82. The number of anilines is 1. The van der Waals surface area contributed by atoms with Crippen LogP contribution in [0.15, 0.2) is 65.1 Å². The van der Waals surface area contributed by atoms with Crippen LogP contribution in [-0.4, -0.2) is 33.5 Å². The molecule has 1 amide bonds. The first-order valence-electron chi connectivity index (χ1n) is 11.5. The fourth-order valence-corrected chi connectivity index (χ4v) is 5.67. The van der Waals surface area contributed by atoms with Gasteiger partial charge in [0, 0.05) is 6.54 Å². The molecule has 176 valence electrons. The van der Waals surface area contributed by atoms with Crippen molar-refractivity contribution in [2.75, 3.05) is 17.4 Å². The van der Waals surface area contributed by atoms with Crippen LogP contribution in [0.1, 0.15) is 52.0 Å². The highest BCUT2D eigenvalue weighted by atomic mass is 32.2. The quantitative estimate of drug-likeness (QED) is 0.653. The van der Waals surface area contributed by atoms with Crippen molar-refractivity contribution in [1.29, 1.82) is 0 Å². The first kappa shape index (κ1) is 23.4.